The molecule has 0 aromatic heterocycles. The minimum Gasteiger partial charge on any atom is -0.378 e. The summed E-state index contributed by atoms with van der Waals surface area (Å²) in [5.74, 6) is 0.394. The predicted molar refractivity (Wildman–Crippen MR) is 103 cm³/mol. The van der Waals surface area contributed by atoms with Gasteiger partial charge in [0.1, 0.15) is 5.82 Å². The number of hydrogen-bond acceptors (Lipinski definition) is 3. The molecule has 0 saturated carbocycles. The Morgan fingerprint density at radius 3 is 2.71 bits per heavy atom. The molecule has 2 rings (SSSR count). The average molecular weight is 446 g/mol. The van der Waals surface area contributed by atoms with Crippen molar-refractivity contribution in [3.8, 4) is 6.07 Å². The maximum absolute atomic E-state index is 13.9. The van der Waals surface area contributed by atoms with Crippen molar-refractivity contribution in [2.24, 2.45) is 4.99 Å². The number of benzene rings is 1. The Balaban J connectivity index is 0.00000288. The predicted octanol–water partition coefficient (Wildman–Crippen LogP) is 2.89. The molecule has 1 aromatic carbocycles. The van der Waals surface area contributed by atoms with Crippen LogP contribution in [0.5, 0.6) is 0 Å². The first-order valence-corrected chi connectivity index (χ1v) is 7.93. The van der Waals surface area contributed by atoms with Crippen molar-refractivity contribution in [3.05, 3.63) is 35.1 Å². The van der Waals surface area contributed by atoms with E-state index in [2.05, 4.69) is 15.2 Å². The number of aliphatic imine (C=N–C) groups is 1. The molecule has 0 amide bonds. The van der Waals surface area contributed by atoms with Crippen molar-refractivity contribution in [1.29, 1.82) is 5.26 Å². The van der Waals surface area contributed by atoms with Gasteiger partial charge in [-0.1, -0.05) is 6.07 Å². The number of nitrogens with zero attached hydrogens (tertiary/aromatic N) is 3. The van der Waals surface area contributed by atoms with Gasteiger partial charge >= 0.3 is 0 Å². The van der Waals surface area contributed by atoms with Gasteiger partial charge in [0.25, 0.3) is 0 Å². The van der Waals surface area contributed by atoms with Gasteiger partial charge in [0.05, 0.1) is 17.7 Å². The quantitative estimate of drug-likeness (QED) is 0.439. The molecule has 1 heterocycles. The summed E-state index contributed by atoms with van der Waals surface area (Å²) >= 11 is 0. The lowest BCUT2D eigenvalue weighted by Crippen LogP contribution is -2.46. The summed E-state index contributed by atoms with van der Waals surface area (Å²) < 4.78 is 19.6. The Kier molecular flexibility index (Phi) is 9.00. The minimum atomic E-state index is -0.373. The first kappa shape index (κ1) is 20.6. The van der Waals surface area contributed by atoms with Crippen LogP contribution in [0.2, 0.25) is 0 Å². The summed E-state index contributed by atoms with van der Waals surface area (Å²) in [7, 11) is 1.73. The highest BCUT2D eigenvalue weighted by atomic mass is 127. The number of halogens is 2. The van der Waals surface area contributed by atoms with Gasteiger partial charge in [-0.3, -0.25) is 4.99 Å². The lowest BCUT2D eigenvalue weighted by Gasteiger charge is -2.34. The van der Waals surface area contributed by atoms with Gasteiger partial charge in [-0.25, -0.2) is 4.39 Å². The molecule has 0 unspecified atom stereocenters. The molecule has 1 N–H and O–H groups in total. The van der Waals surface area contributed by atoms with Gasteiger partial charge < -0.3 is 15.0 Å². The van der Waals surface area contributed by atoms with Crippen LogP contribution in [0.1, 0.15) is 30.9 Å². The van der Waals surface area contributed by atoms with E-state index in [1.807, 2.05) is 13.0 Å². The highest BCUT2D eigenvalue weighted by molar-refractivity contribution is 14.0. The standard InChI is InChI=1S/C17H23FN4O.HI/c1-3-23-15-6-8-22(9-7-15)17(20-2)21-12-14-5-4-13(11-19)10-16(14)18;/h4-5,10,15H,3,6-9,12H2,1-2H3,(H,20,21);1H. The number of rotatable bonds is 4. The van der Waals surface area contributed by atoms with Crippen molar-refractivity contribution in [1.82, 2.24) is 10.2 Å². The summed E-state index contributed by atoms with van der Waals surface area (Å²) in [5, 5.41) is 12.0. The second-order valence-electron chi connectivity index (χ2n) is 5.46. The average Bonchev–Trinajstić information content (AvgIpc) is 2.58. The van der Waals surface area contributed by atoms with E-state index < -0.39 is 0 Å². The third kappa shape index (κ3) is 5.60. The van der Waals surface area contributed by atoms with Crippen LogP contribution in [0.15, 0.2) is 23.2 Å². The van der Waals surface area contributed by atoms with Crippen molar-refractivity contribution in [2.75, 3.05) is 26.7 Å². The lowest BCUT2D eigenvalue weighted by atomic mass is 10.1. The molecule has 0 radical (unpaired) electrons. The monoisotopic (exact) mass is 446 g/mol. The summed E-state index contributed by atoms with van der Waals surface area (Å²) in [4.78, 5) is 6.44. The molecule has 0 spiro atoms. The van der Waals surface area contributed by atoms with E-state index in [-0.39, 0.29) is 29.8 Å². The highest BCUT2D eigenvalue weighted by Gasteiger charge is 2.21. The fraction of sp³-hybridized carbons (Fsp3) is 0.529. The van der Waals surface area contributed by atoms with Gasteiger partial charge in [0.2, 0.25) is 0 Å². The zero-order chi connectivity index (χ0) is 16.7. The van der Waals surface area contributed by atoms with E-state index in [0.717, 1.165) is 38.5 Å². The molecular formula is C17H24FIN4O. The molecule has 0 atom stereocenters. The molecule has 7 heteroatoms. The van der Waals surface area contributed by atoms with E-state index in [4.69, 9.17) is 10.00 Å². The lowest BCUT2D eigenvalue weighted by molar-refractivity contribution is 0.0263. The molecule has 1 aromatic rings. The second-order valence-corrected chi connectivity index (χ2v) is 5.46. The number of nitrogens with one attached hydrogen (secondary N) is 1. The summed E-state index contributed by atoms with van der Waals surface area (Å²) in [6.07, 6.45) is 2.27. The minimum absolute atomic E-state index is 0. The molecule has 132 valence electrons. The first-order chi connectivity index (χ1) is 11.2. The Bertz CT molecular complexity index is 595. The number of nitriles is 1. The van der Waals surface area contributed by atoms with Gasteiger partial charge in [-0.2, -0.15) is 5.26 Å². The molecule has 24 heavy (non-hydrogen) atoms. The summed E-state index contributed by atoms with van der Waals surface area (Å²) in [6, 6.07) is 6.45. The number of piperidine rings is 1. The van der Waals surface area contributed by atoms with E-state index in [0.29, 0.717) is 23.8 Å². The third-order valence-corrected chi connectivity index (χ3v) is 3.97. The maximum atomic E-state index is 13.9. The molecule has 0 aliphatic carbocycles. The summed E-state index contributed by atoms with van der Waals surface area (Å²) in [5.41, 5.74) is 0.850. The van der Waals surface area contributed by atoms with E-state index in [1.165, 1.54) is 6.07 Å². The number of ether oxygens (including phenoxy) is 1. The largest absolute Gasteiger partial charge is 0.378 e. The molecule has 1 saturated heterocycles. The van der Waals surface area contributed by atoms with Crippen LogP contribution in [-0.4, -0.2) is 43.7 Å². The van der Waals surface area contributed by atoms with Crippen LogP contribution in [0.3, 0.4) is 0 Å². The van der Waals surface area contributed by atoms with Gasteiger partial charge in [0, 0.05) is 38.9 Å². The Morgan fingerprint density at radius 1 is 1.46 bits per heavy atom. The number of likely N-dealkylation sites (tertiary alicyclic amines) is 1. The van der Waals surface area contributed by atoms with Crippen molar-refractivity contribution in [3.63, 3.8) is 0 Å². The zero-order valence-corrected chi connectivity index (χ0v) is 16.4. The topological polar surface area (TPSA) is 60.6 Å². The molecule has 1 aliphatic heterocycles. The van der Waals surface area contributed by atoms with Crippen LogP contribution >= 0.6 is 24.0 Å². The zero-order valence-electron chi connectivity index (χ0n) is 14.1. The number of hydrogen-bond donors (Lipinski definition) is 1. The second kappa shape index (κ2) is 10.5. The van der Waals surface area contributed by atoms with E-state index in [9.17, 15) is 4.39 Å². The Labute approximate surface area is 159 Å². The smallest absolute Gasteiger partial charge is 0.193 e. The molecule has 1 fully saturated rings. The van der Waals surface area contributed by atoms with Crippen molar-refractivity contribution in [2.45, 2.75) is 32.4 Å². The summed E-state index contributed by atoms with van der Waals surface area (Å²) in [6.45, 7) is 4.85. The molecular weight excluding hydrogens is 422 g/mol. The SMILES string of the molecule is CCOC1CCN(C(=NC)NCc2ccc(C#N)cc2F)CC1.I. The molecule has 1 aliphatic rings. The van der Waals surface area contributed by atoms with Crippen molar-refractivity contribution >= 4 is 29.9 Å². The van der Waals surface area contributed by atoms with Crippen LogP contribution in [-0.2, 0) is 11.3 Å². The normalized spacial score (nSPS) is 15.6. The van der Waals surface area contributed by atoms with E-state index in [1.54, 1.807) is 19.2 Å². The number of guanidine groups is 1. The van der Waals surface area contributed by atoms with Gasteiger partial charge in [-0.05, 0) is 31.9 Å². The van der Waals surface area contributed by atoms with Gasteiger partial charge in [-0.15, -0.1) is 24.0 Å². The fourth-order valence-corrected chi connectivity index (χ4v) is 2.74. The fourth-order valence-electron chi connectivity index (χ4n) is 2.74. The van der Waals surface area contributed by atoms with Crippen molar-refractivity contribution < 1.29 is 9.13 Å². The van der Waals surface area contributed by atoms with Crippen LogP contribution in [0, 0.1) is 17.1 Å². The third-order valence-electron chi connectivity index (χ3n) is 3.97. The maximum Gasteiger partial charge on any atom is 0.193 e. The first-order valence-electron chi connectivity index (χ1n) is 7.93. The molecule has 5 nitrogen and oxygen atoms in total. The molecule has 0 bridgehead atoms. The van der Waals surface area contributed by atoms with Crippen LogP contribution in [0.4, 0.5) is 4.39 Å². The van der Waals surface area contributed by atoms with E-state index >= 15 is 0 Å². The van der Waals surface area contributed by atoms with Gasteiger partial charge in [0.15, 0.2) is 5.96 Å². The highest BCUT2D eigenvalue weighted by Crippen LogP contribution is 2.14. The van der Waals surface area contributed by atoms with Crippen LogP contribution in [0.25, 0.3) is 0 Å². The Morgan fingerprint density at radius 2 is 2.17 bits per heavy atom. The Hall–Kier alpha value is -1.40. The van der Waals surface area contributed by atoms with Crippen LogP contribution < -0.4 is 5.32 Å².